The number of carbonyl (C=O) groups excluding carboxylic acids is 1. The Morgan fingerprint density at radius 2 is 1.86 bits per heavy atom. The topological polar surface area (TPSA) is 102 Å². The first-order valence-electron chi connectivity index (χ1n) is 11.1. The molecule has 0 aliphatic heterocycles. The van der Waals surface area contributed by atoms with Crippen LogP contribution < -0.4 is 21.1 Å². The number of nitrogens with one attached hydrogen (secondary N) is 2. The van der Waals surface area contributed by atoms with Gasteiger partial charge in [-0.25, -0.2) is 9.97 Å². The van der Waals surface area contributed by atoms with Gasteiger partial charge in [-0.05, 0) is 60.0 Å². The van der Waals surface area contributed by atoms with Crippen LogP contribution in [0.2, 0.25) is 0 Å². The van der Waals surface area contributed by atoms with Crippen molar-refractivity contribution in [2.45, 2.75) is 13.5 Å². The summed E-state index contributed by atoms with van der Waals surface area (Å²) in [6.07, 6.45) is 5.14. The molecule has 0 aliphatic rings. The molecule has 4 aromatic rings. The van der Waals surface area contributed by atoms with Crippen LogP contribution in [0, 0.1) is 0 Å². The lowest BCUT2D eigenvalue weighted by Crippen LogP contribution is -2.13. The van der Waals surface area contributed by atoms with Gasteiger partial charge >= 0.3 is 0 Å². The molecule has 3 aromatic carbocycles. The van der Waals surface area contributed by atoms with E-state index in [4.69, 9.17) is 10.5 Å². The van der Waals surface area contributed by atoms with E-state index in [1.807, 2.05) is 55.5 Å². The number of carbonyl (C=O) groups is 1. The second-order valence-electron chi connectivity index (χ2n) is 7.97. The monoisotopic (exact) mass is 465 g/mol. The summed E-state index contributed by atoms with van der Waals surface area (Å²) in [7, 11) is 1.62. The molecular formula is C28H27N5O2. The van der Waals surface area contributed by atoms with Crippen LogP contribution >= 0.6 is 0 Å². The van der Waals surface area contributed by atoms with Gasteiger partial charge in [-0.15, -0.1) is 0 Å². The lowest BCUT2D eigenvalue weighted by atomic mass is 10.1. The van der Waals surface area contributed by atoms with Gasteiger partial charge in [0.05, 0.1) is 18.5 Å². The first-order chi connectivity index (χ1) is 17.0. The summed E-state index contributed by atoms with van der Waals surface area (Å²) in [4.78, 5) is 21.5. The van der Waals surface area contributed by atoms with E-state index in [0.29, 0.717) is 35.1 Å². The molecule has 176 valence electrons. The molecule has 0 aliphatic carbocycles. The van der Waals surface area contributed by atoms with Crippen LogP contribution in [-0.2, 0) is 6.54 Å². The summed E-state index contributed by atoms with van der Waals surface area (Å²) in [5, 5.41) is 7.13. The number of allylic oxidation sites excluding steroid dienone is 3. The Kier molecular flexibility index (Phi) is 7.07. The summed E-state index contributed by atoms with van der Waals surface area (Å²) >= 11 is 0. The minimum atomic E-state index is -0.229. The van der Waals surface area contributed by atoms with E-state index >= 15 is 0 Å². The van der Waals surface area contributed by atoms with Crippen molar-refractivity contribution >= 4 is 39.6 Å². The molecular weight excluding hydrogens is 438 g/mol. The highest BCUT2D eigenvalue weighted by Gasteiger charge is 2.11. The van der Waals surface area contributed by atoms with Crippen molar-refractivity contribution in [3.63, 3.8) is 0 Å². The molecule has 0 fully saturated rings. The van der Waals surface area contributed by atoms with Crippen molar-refractivity contribution in [2.75, 3.05) is 23.5 Å². The Labute approximate surface area is 204 Å². The average molecular weight is 466 g/mol. The molecule has 0 bridgehead atoms. The molecule has 0 radical (unpaired) electrons. The summed E-state index contributed by atoms with van der Waals surface area (Å²) in [5.41, 5.74) is 11.4. The number of benzene rings is 3. The Morgan fingerprint density at radius 1 is 1.09 bits per heavy atom. The molecule has 7 heteroatoms. The number of ether oxygens (including phenoxy) is 1. The molecule has 1 amide bonds. The van der Waals surface area contributed by atoms with E-state index in [2.05, 4.69) is 27.2 Å². The Morgan fingerprint density at radius 3 is 2.60 bits per heavy atom. The third-order valence-electron chi connectivity index (χ3n) is 5.65. The van der Waals surface area contributed by atoms with Crippen LogP contribution in [-0.4, -0.2) is 23.0 Å². The third-order valence-corrected chi connectivity index (χ3v) is 5.65. The molecule has 4 N–H and O–H groups in total. The molecule has 4 rings (SSSR count). The van der Waals surface area contributed by atoms with Gasteiger partial charge in [-0.3, -0.25) is 4.79 Å². The SMILES string of the molecule is C=CC=C(C)c1ccc(N)c(NC(=O)c2ccc(CNc3ncnc4c(OC)cccc34)cc2)c1. The number of methoxy groups -OCH3 is 1. The highest BCUT2D eigenvalue weighted by molar-refractivity contribution is 6.06. The van der Waals surface area contributed by atoms with Crippen LogP contribution in [0.25, 0.3) is 16.5 Å². The van der Waals surface area contributed by atoms with E-state index in [-0.39, 0.29) is 5.91 Å². The standard InChI is InChI=1S/C28H27N5O2/c1-4-6-18(2)21-13-14-23(29)24(15-21)33-28(34)20-11-9-19(10-12-20)16-30-27-22-7-5-8-25(35-3)26(22)31-17-32-27/h4-15,17H,1,16,29H2,2-3H3,(H,33,34)(H,30,31,32). The first-order valence-corrected chi connectivity index (χ1v) is 11.1. The lowest BCUT2D eigenvalue weighted by Gasteiger charge is -2.12. The fraction of sp³-hybridized carbons (Fsp3) is 0.107. The maximum Gasteiger partial charge on any atom is 0.255 e. The normalized spacial score (nSPS) is 11.2. The van der Waals surface area contributed by atoms with E-state index in [0.717, 1.165) is 27.6 Å². The number of amides is 1. The number of hydrogen-bond donors (Lipinski definition) is 3. The van der Waals surface area contributed by atoms with Crippen molar-refractivity contribution in [3.8, 4) is 5.75 Å². The number of rotatable bonds is 8. The zero-order valence-electron chi connectivity index (χ0n) is 19.7. The molecule has 0 saturated carbocycles. The molecule has 0 unspecified atom stereocenters. The summed E-state index contributed by atoms with van der Waals surface area (Å²) in [6, 6.07) is 18.7. The number of para-hydroxylation sites is 1. The number of nitrogens with zero attached hydrogens (tertiary/aromatic N) is 2. The van der Waals surface area contributed by atoms with Crippen LogP contribution in [0.1, 0.15) is 28.4 Å². The van der Waals surface area contributed by atoms with Gasteiger partial charge in [0.1, 0.15) is 23.4 Å². The molecule has 7 nitrogen and oxygen atoms in total. The number of anilines is 3. The van der Waals surface area contributed by atoms with Crippen molar-refractivity contribution < 1.29 is 9.53 Å². The zero-order chi connectivity index (χ0) is 24.8. The van der Waals surface area contributed by atoms with Crippen LogP contribution in [0.15, 0.2) is 85.7 Å². The van der Waals surface area contributed by atoms with E-state index in [9.17, 15) is 4.79 Å². The van der Waals surface area contributed by atoms with Crippen LogP contribution in [0.3, 0.4) is 0 Å². The van der Waals surface area contributed by atoms with Crippen molar-refractivity contribution in [1.82, 2.24) is 9.97 Å². The molecule has 1 aromatic heterocycles. The van der Waals surface area contributed by atoms with Crippen LogP contribution in [0.5, 0.6) is 5.75 Å². The van der Waals surface area contributed by atoms with E-state index < -0.39 is 0 Å². The average Bonchev–Trinajstić information content (AvgIpc) is 2.88. The number of fused-ring (bicyclic) bond motifs is 1. The number of nitrogens with two attached hydrogens (primary N) is 1. The summed E-state index contributed by atoms with van der Waals surface area (Å²) in [5.74, 6) is 1.18. The minimum Gasteiger partial charge on any atom is -0.494 e. The second-order valence-corrected chi connectivity index (χ2v) is 7.97. The zero-order valence-corrected chi connectivity index (χ0v) is 19.7. The second kappa shape index (κ2) is 10.5. The molecule has 0 atom stereocenters. The molecule has 0 spiro atoms. The minimum absolute atomic E-state index is 0.229. The number of hydrogen-bond acceptors (Lipinski definition) is 6. The first kappa shape index (κ1) is 23.5. The van der Waals surface area contributed by atoms with Gasteiger partial charge in [-0.1, -0.05) is 43.0 Å². The lowest BCUT2D eigenvalue weighted by molar-refractivity contribution is 0.102. The maximum atomic E-state index is 12.8. The Hall–Kier alpha value is -4.65. The third kappa shape index (κ3) is 5.30. The largest absolute Gasteiger partial charge is 0.494 e. The quantitative estimate of drug-likeness (QED) is 0.229. The Bertz CT molecular complexity index is 1410. The molecule has 0 saturated heterocycles. The van der Waals surface area contributed by atoms with Gasteiger partial charge in [-0.2, -0.15) is 0 Å². The predicted octanol–water partition coefficient (Wildman–Crippen LogP) is 5.67. The summed E-state index contributed by atoms with van der Waals surface area (Å²) in [6.45, 7) is 6.24. The van der Waals surface area contributed by atoms with Crippen molar-refractivity contribution in [3.05, 3.63) is 102 Å². The van der Waals surface area contributed by atoms with Crippen molar-refractivity contribution in [1.29, 1.82) is 0 Å². The fourth-order valence-electron chi connectivity index (χ4n) is 3.70. The highest BCUT2D eigenvalue weighted by Crippen LogP contribution is 2.28. The fourth-order valence-corrected chi connectivity index (χ4v) is 3.70. The smallest absolute Gasteiger partial charge is 0.255 e. The highest BCUT2D eigenvalue weighted by atomic mass is 16.5. The van der Waals surface area contributed by atoms with Gasteiger partial charge in [0.2, 0.25) is 0 Å². The van der Waals surface area contributed by atoms with Crippen molar-refractivity contribution in [2.24, 2.45) is 0 Å². The van der Waals surface area contributed by atoms with Gasteiger partial charge in [0.15, 0.2) is 0 Å². The predicted molar refractivity (Wildman–Crippen MR) is 143 cm³/mol. The Balaban J connectivity index is 1.45. The van der Waals surface area contributed by atoms with Gasteiger partial charge in [0.25, 0.3) is 5.91 Å². The van der Waals surface area contributed by atoms with Gasteiger partial charge in [0, 0.05) is 17.5 Å². The molecule has 1 heterocycles. The van der Waals surface area contributed by atoms with Crippen LogP contribution in [0.4, 0.5) is 17.2 Å². The summed E-state index contributed by atoms with van der Waals surface area (Å²) < 4.78 is 5.39. The van der Waals surface area contributed by atoms with E-state index in [1.165, 1.54) is 6.33 Å². The van der Waals surface area contributed by atoms with Gasteiger partial charge < -0.3 is 21.1 Å². The van der Waals surface area contributed by atoms with E-state index in [1.54, 1.807) is 31.4 Å². The molecule has 35 heavy (non-hydrogen) atoms. The maximum absolute atomic E-state index is 12.8. The number of aromatic nitrogens is 2. The number of nitrogen functional groups attached to an aromatic ring is 1.